The highest BCUT2D eigenvalue weighted by molar-refractivity contribution is 6.30. The van der Waals surface area contributed by atoms with Gasteiger partial charge in [-0.05, 0) is 59.2 Å². The molecule has 21 heavy (non-hydrogen) atoms. The van der Waals surface area contributed by atoms with Gasteiger partial charge in [-0.25, -0.2) is 0 Å². The minimum absolute atomic E-state index is 0.0602. The van der Waals surface area contributed by atoms with E-state index in [9.17, 15) is 4.79 Å². The van der Waals surface area contributed by atoms with Crippen molar-refractivity contribution in [3.63, 3.8) is 0 Å². The van der Waals surface area contributed by atoms with Crippen LogP contribution in [0, 0.1) is 5.41 Å². The van der Waals surface area contributed by atoms with Crippen molar-refractivity contribution in [2.24, 2.45) is 11.1 Å². The number of amides is 1. The van der Waals surface area contributed by atoms with Gasteiger partial charge in [-0.15, -0.1) is 0 Å². The third kappa shape index (κ3) is 4.21. The fourth-order valence-electron chi connectivity index (χ4n) is 1.96. The molecule has 1 aromatic rings. The highest BCUT2D eigenvalue weighted by Gasteiger charge is 2.43. The van der Waals surface area contributed by atoms with Crippen LogP contribution in [0.2, 0.25) is 5.02 Å². The summed E-state index contributed by atoms with van der Waals surface area (Å²) >= 11 is 6.03. The van der Waals surface area contributed by atoms with Gasteiger partial charge in [0.05, 0.1) is 5.41 Å². The van der Waals surface area contributed by atoms with Crippen molar-refractivity contribution < 1.29 is 4.79 Å². The standard InChI is InChI=1S/C17H27ClN2O/c1-12(2)20(11-13-8-7-9-14(18)10-13)15(21)16(3,4)17(5,6)19/h7-10,12H,11,19H2,1-6H3. The molecule has 0 aliphatic carbocycles. The lowest BCUT2D eigenvalue weighted by Crippen LogP contribution is -2.57. The van der Waals surface area contributed by atoms with Crippen LogP contribution in [-0.2, 0) is 11.3 Å². The second-order valence-corrected chi connectivity index (χ2v) is 7.44. The molecule has 1 amide bonds. The fraction of sp³-hybridized carbons (Fsp3) is 0.588. The van der Waals surface area contributed by atoms with Gasteiger partial charge >= 0.3 is 0 Å². The largest absolute Gasteiger partial charge is 0.335 e. The van der Waals surface area contributed by atoms with Crippen LogP contribution in [0.25, 0.3) is 0 Å². The van der Waals surface area contributed by atoms with Gasteiger partial charge in [0.15, 0.2) is 0 Å². The van der Waals surface area contributed by atoms with Crippen molar-refractivity contribution in [2.75, 3.05) is 0 Å². The molecule has 0 aliphatic heterocycles. The maximum atomic E-state index is 13.0. The van der Waals surface area contributed by atoms with Gasteiger partial charge in [0.25, 0.3) is 0 Å². The number of nitrogens with zero attached hydrogens (tertiary/aromatic N) is 1. The van der Waals surface area contributed by atoms with Crippen molar-refractivity contribution in [3.8, 4) is 0 Å². The Morgan fingerprint density at radius 1 is 1.29 bits per heavy atom. The molecule has 118 valence electrons. The Bertz CT molecular complexity index is 504. The number of carbonyl (C=O) groups excluding carboxylic acids is 1. The summed E-state index contributed by atoms with van der Waals surface area (Å²) in [6, 6.07) is 7.70. The molecule has 3 nitrogen and oxygen atoms in total. The average Bonchev–Trinajstić information content (AvgIpc) is 2.33. The summed E-state index contributed by atoms with van der Waals surface area (Å²) < 4.78 is 0. The number of nitrogens with two attached hydrogens (primary N) is 1. The second kappa shape index (κ2) is 6.37. The number of halogens is 1. The van der Waals surface area contributed by atoms with Crippen LogP contribution in [0.4, 0.5) is 0 Å². The van der Waals surface area contributed by atoms with Gasteiger partial charge < -0.3 is 10.6 Å². The SMILES string of the molecule is CC(C)N(Cc1cccc(Cl)c1)C(=O)C(C)(C)C(C)(C)N. The number of rotatable bonds is 5. The van der Waals surface area contributed by atoms with E-state index in [1.165, 1.54) is 0 Å². The van der Waals surface area contributed by atoms with Crippen LogP contribution in [0.15, 0.2) is 24.3 Å². The van der Waals surface area contributed by atoms with Crippen LogP contribution in [-0.4, -0.2) is 22.4 Å². The van der Waals surface area contributed by atoms with Crippen molar-refractivity contribution in [2.45, 2.75) is 59.7 Å². The summed E-state index contributed by atoms with van der Waals surface area (Å²) in [5.74, 6) is 0.0602. The molecule has 0 saturated heterocycles. The molecule has 0 aliphatic rings. The van der Waals surface area contributed by atoms with Crippen molar-refractivity contribution in [1.82, 2.24) is 4.90 Å². The van der Waals surface area contributed by atoms with Crippen LogP contribution >= 0.6 is 11.6 Å². The van der Waals surface area contributed by atoms with Crippen LogP contribution in [0.5, 0.6) is 0 Å². The summed E-state index contributed by atoms with van der Waals surface area (Å²) in [7, 11) is 0. The van der Waals surface area contributed by atoms with Crippen molar-refractivity contribution in [3.05, 3.63) is 34.9 Å². The molecule has 0 spiro atoms. The lowest BCUT2D eigenvalue weighted by Gasteiger charge is -2.42. The van der Waals surface area contributed by atoms with E-state index in [0.717, 1.165) is 5.56 Å². The normalized spacial score (nSPS) is 12.6. The molecular weight excluding hydrogens is 284 g/mol. The zero-order valence-corrected chi connectivity index (χ0v) is 14.7. The molecule has 0 saturated carbocycles. The molecule has 0 atom stereocenters. The highest BCUT2D eigenvalue weighted by Crippen LogP contribution is 2.32. The summed E-state index contributed by atoms with van der Waals surface area (Å²) in [6.45, 7) is 12.2. The number of hydrogen-bond acceptors (Lipinski definition) is 2. The van der Waals surface area contributed by atoms with E-state index in [1.54, 1.807) is 0 Å². The third-order valence-corrected chi connectivity index (χ3v) is 4.51. The van der Waals surface area contributed by atoms with Gasteiger partial charge in [-0.1, -0.05) is 23.7 Å². The van der Waals surface area contributed by atoms with Crippen molar-refractivity contribution in [1.29, 1.82) is 0 Å². The Balaban J connectivity index is 3.05. The van der Waals surface area contributed by atoms with Gasteiger partial charge in [-0.3, -0.25) is 4.79 Å². The fourth-order valence-corrected chi connectivity index (χ4v) is 2.17. The second-order valence-electron chi connectivity index (χ2n) is 7.00. The van der Waals surface area contributed by atoms with Crippen LogP contribution in [0.3, 0.4) is 0 Å². The molecule has 0 unspecified atom stereocenters. The van der Waals surface area contributed by atoms with E-state index in [4.69, 9.17) is 17.3 Å². The number of benzene rings is 1. The van der Waals surface area contributed by atoms with E-state index in [1.807, 2.05) is 70.7 Å². The van der Waals surface area contributed by atoms with E-state index in [-0.39, 0.29) is 11.9 Å². The molecule has 0 radical (unpaired) electrons. The van der Waals surface area contributed by atoms with Crippen molar-refractivity contribution >= 4 is 17.5 Å². The Morgan fingerprint density at radius 3 is 2.29 bits per heavy atom. The molecule has 0 heterocycles. The smallest absolute Gasteiger partial charge is 0.230 e. The molecule has 0 fully saturated rings. The Labute approximate surface area is 133 Å². The molecule has 0 bridgehead atoms. The average molecular weight is 311 g/mol. The summed E-state index contributed by atoms with van der Waals surface area (Å²) in [6.07, 6.45) is 0. The summed E-state index contributed by atoms with van der Waals surface area (Å²) in [5.41, 5.74) is 5.99. The van der Waals surface area contributed by atoms with E-state index in [0.29, 0.717) is 11.6 Å². The van der Waals surface area contributed by atoms with Crippen LogP contribution in [0.1, 0.15) is 47.1 Å². The third-order valence-electron chi connectivity index (χ3n) is 4.27. The molecular formula is C17H27ClN2O. The van der Waals surface area contributed by atoms with Gasteiger partial charge in [0, 0.05) is 23.1 Å². The maximum Gasteiger partial charge on any atom is 0.230 e. The highest BCUT2D eigenvalue weighted by atomic mass is 35.5. The van der Waals surface area contributed by atoms with E-state index >= 15 is 0 Å². The Kier molecular flexibility index (Phi) is 5.46. The van der Waals surface area contributed by atoms with Gasteiger partial charge in [-0.2, -0.15) is 0 Å². The maximum absolute atomic E-state index is 13.0. The minimum Gasteiger partial charge on any atom is -0.335 e. The Hall–Kier alpha value is -1.06. The van der Waals surface area contributed by atoms with Gasteiger partial charge in [0.1, 0.15) is 0 Å². The first-order chi connectivity index (χ1) is 9.46. The molecule has 1 aromatic carbocycles. The van der Waals surface area contributed by atoms with Crippen LogP contribution < -0.4 is 5.73 Å². The molecule has 2 N–H and O–H groups in total. The molecule has 1 rings (SSSR count). The number of hydrogen-bond donors (Lipinski definition) is 1. The lowest BCUT2D eigenvalue weighted by atomic mass is 9.74. The minimum atomic E-state index is -0.643. The summed E-state index contributed by atoms with van der Waals surface area (Å²) in [5, 5.41) is 0.682. The quantitative estimate of drug-likeness (QED) is 0.898. The molecule has 4 heteroatoms. The summed E-state index contributed by atoms with van der Waals surface area (Å²) in [4.78, 5) is 14.8. The monoisotopic (exact) mass is 310 g/mol. The lowest BCUT2D eigenvalue weighted by molar-refractivity contribution is -0.146. The van der Waals surface area contributed by atoms with Gasteiger partial charge in [0.2, 0.25) is 5.91 Å². The topological polar surface area (TPSA) is 46.3 Å². The zero-order chi connectivity index (χ0) is 16.4. The molecule has 0 aromatic heterocycles. The Morgan fingerprint density at radius 2 is 1.86 bits per heavy atom. The van der Waals surface area contributed by atoms with E-state index < -0.39 is 11.0 Å². The van der Waals surface area contributed by atoms with E-state index in [2.05, 4.69) is 0 Å². The first kappa shape index (κ1) is 18.0. The first-order valence-corrected chi connectivity index (χ1v) is 7.69. The number of carbonyl (C=O) groups is 1. The predicted octanol–water partition coefficient (Wildman–Crippen LogP) is 3.84. The predicted molar refractivity (Wildman–Crippen MR) is 89.2 cm³/mol. The zero-order valence-electron chi connectivity index (χ0n) is 13.9. The first-order valence-electron chi connectivity index (χ1n) is 7.31.